The summed E-state index contributed by atoms with van der Waals surface area (Å²) >= 11 is 0. The highest BCUT2D eigenvalue weighted by molar-refractivity contribution is 7.88. The first-order valence-corrected chi connectivity index (χ1v) is 9.84. The molecule has 1 aliphatic rings. The van der Waals surface area contributed by atoms with Crippen LogP contribution < -0.4 is 10.6 Å². The number of sulfonamides is 1. The van der Waals surface area contributed by atoms with Gasteiger partial charge in [0.1, 0.15) is 11.4 Å². The quantitative estimate of drug-likeness (QED) is 0.683. The summed E-state index contributed by atoms with van der Waals surface area (Å²) in [5.41, 5.74) is -1.11. The highest BCUT2D eigenvalue weighted by atomic mass is 32.2. The molecule has 1 saturated heterocycles. The zero-order valence-electron chi connectivity index (χ0n) is 15.2. The number of likely N-dealkylation sites (N-methyl/N-ethyl adjacent to an activating group) is 1. The van der Waals surface area contributed by atoms with Crippen molar-refractivity contribution in [2.24, 2.45) is 0 Å². The molecule has 1 aliphatic heterocycles. The smallest absolute Gasteiger partial charge is 0.247 e. The van der Waals surface area contributed by atoms with E-state index in [-0.39, 0.29) is 13.1 Å². The van der Waals surface area contributed by atoms with Crippen LogP contribution in [0.5, 0.6) is 0 Å². The molecule has 3 amide bonds. The Bertz CT molecular complexity index is 858. The van der Waals surface area contributed by atoms with Gasteiger partial charge in [-0.1, -0.05) is 0 Å². The molecule has 0 radical (unpaired) electrons. The number of rotatable bonds is 5. The molecule has 0 saturated carbocycles. The van der Waals surface area contributed by atoms with Crippen LogP contribution in [0.15, 0.2) is 24.3 Å². The number of piperazine rings is 1. The molecule has 0 spiro atoms. The zero-order chi connectivity index (χ0) is 20.4. The van der Waals surface area contributed by atoms with E-state index >= 15 is 0 Å². The Morgan fingerprint density at radius 2 is 1.85 bits per heavy atom. The first kappa shape index (κ1) is 20.8. The van der Waals surface area contributed by atoms with Gasteiger partial charge in [0.25, 0.3) is 0 Å². The second kappa shape index (κ2) is 7.61. The largest absolute Gasteiger partial charge is 0.345 e. The lowest BCUT2D eigenvalue weighted by Crippen LogP contribution is -2.68. The van der Waals surface area contributed by atoms with Crippen LogP contribution in [-0.4, -0.2) is 73.8 Å². The van der Waals surface area contributed by atoms with Gasteiger partial charge in [-0.05, 0) is 31.2 Å². The topological polar surface area (TPSA) is 116 Å². The van der Waals surface area contributed by atoms with Crippen molar-refractivity contribution >= 4 is 33.4 Å². The lowest BCUT2D eigenvalue weighted by molar-refractivity contribution is -0.150. The molecule has 1 unspecified atom stereocenters. The average molecular weight is 400 g/mol. The maximum Gasteiger partial charge on any atom is 0.247 e. The molecule has 11 heteroatoms. The molecule has 1 aromatic rings. The van der Waals surface area contributed by atoms with Gasteiger partial charge in [-0.15, -0.1) is 0 Å². The fourth-order valence-corrected chi connectivity index (χ4v) is 3.42. The van der Waals surface area contributed by atoms with Crippen molar-refractivity contribution in [1.82, 2.24) is 14.5 Å². The lowest BCUT2D eigenvalue weighted by atomic mass is 9.96. The van der Waals surface area contributed by atoms with E-state index in [4.69, 9.17) is 0 Å². The highest BCUT2D eigenvalue weighted by Gasteiger charge is 2.47. The Hall–Kier alpha value is -2.53. The number of carbonyl (C=O) groups is 3. The Kier molecular flexibility index (Phi) is 5.85. The molecule has 1 atom stereocenters. The van der Waals surface area contributed by atoms with Crippen LogP contribution in [0, 0.1) is 5.82 Å². The molecule has 1 aromatic carbocycles. The second-order valence-electron chi connectivity index (χ2n) is 6.50. The summed E-state index contributed by atoms with van der Waals surface area (Å²) < 4.78 is 37.3. The number of anilines is 1. The van der Waals surface area contributed by atoms with Crippen molar-refractivity contribution in [3.63, 3.8) is 0 Å². The van der Waals surface area contributed by atoms with Crippen molar-refractivity contribution in [3.05, 3.63) is 30.1 Å². The Morgan fingerprint density at radius 3 is 2.41 bits per heavy atom. The molecule has 0 aliphatic carbocycles. The van der Waals surface area contributed by atoms with Crippen LogP contribution in [0.25, 0.3) is 0 Å². The van der Waals surface area contributed by atoms with Crippen LogP contribution in [0.1, 0.15) is 6.92 Å². The van der Waals surface area contributed by atoms with E-state index in [9.17, 15) is 27.2 Å². The number of nitrogens with zero attached hydrogens (tertiary/aromatic N) is 2. The molecule has 2 rings (SSSR count). The summed E-state index contributed by atoms with van der Waals surface area (Å²) in [4.78, 5) is 37.8. The van der Waals surface area contributed by atoms with Crippen molar-refractivity contribution < 1.29 is 27.2 Å². The number of halogens is 1. The van der Waals surface area contributed by atoms with Gasteiger partial charge in [-0.2, -0.15) is 4.31 Å². The minimum atomic E-state index is -3.67. The summed E-state index contributed by atoms with van der Waals surface area (Å²) in [6.07, 6.45) is 0.958. The van der Waals surface area contributed by atoms with Crippen molar-refractivity contribution in [1.29, 1.82) is 0 Å². The van der Waals surface area contributed by atoms with Crippen molar-refractivity contribution in [2.45, 2.75) is 12.5 Å². The van der Waals surface area contributed by atoms with Gasteiger partial charge in [0.15, 0.2) is 0 Å². The predicted octanol–water partition coefficient (Wildman–Crippen LogP) is -0.627. The van der Waals surface area contributed by atoms with Crippen LogP contribution in [0.2, 0.25) is 0 Å². The third kappa shape index (κ3) is 4.80. The fourth-order valence-electron chi connectivity index (χ4n) is 2.59. The Labute approximate surface area is 156 Å². The van der Waals surface area contributed by atoms with E-state index in [1.54, 1.807) is 0 Å². The van der Waals surface area contributed by atoms with Crippen molar-refractivity contribution in [3.8, 4) is 0 Å². The van der Waals surface area contributed by atoms with Gasteiger partial charge in [-0.25, -0.2) is 12.8 Å². The molecule has 0 aromatic heterocycles. The van der Waals surface area contributed by atoms with E-state index in [1.807, 2.05) is 0 Å². The second-order valence-corrected chi connectivity index (χ2v) is 8.48. The van der Waals surface area contributed by atoms with Gasteiger partial charge in [0, 0.05) is 19.3 Å². The molecule has 1 fully saturated rings. The first-order valence-electron chi connectivity index (χ1n) is 7.99. The van der Waals surface area contributed by atoms with Crippen LogP contribution in [0.3, 0.4) is 0 Å². The summed E-state index contributed by atoms with van der Waals surface area (Å²) in [5, 5.41) is 4.89. The monoisotopic (exact) mass is 400 g/mol. The van der Waals surface area contributed by atoms with Crippen LogP contribution >= 0.6 is 0 Å². The number of nitrogens with one attached hydrogen (secondary N) is 2. The third-order valence-electron chi connectivity index (χ3n) is 4.41. The van der Waals surface area contributed by atoms with E-state index in [2.05, 4.69) is 10.6 Å². The van der Waals surface area contributed by atoms with Crippen LogP contribution in [-0.2, 0) is 24.4 Å². The van der Waals surface area contributed by atoms with Gasteiger partial charge >= 0.3 is 0 Å². The number of hydrogen-bond acceptors (Lipinski definition) is 5. The molecular weight excluding hydrogens is 379 g/mol. The van der Waals surface area contributed by atoms with E-state index in [1.165, 1.54) is 43.1 Å². The third-order valence-corrected chi connectivity index (χ3v) is 5.60. The number of carbonyl (C=O) groups excluding carboxylic acids is 3. The molecule has 0 bridgehead atoms. The minimum absolute atomic E-state index is 0.223. The van der Waals surface area contributed by atoms with Gasteiger partial charge in [0.05, 0.1) is 19.3 Å². The number of hydrogen-bond donors (Lipinski definition) is 2. The summed E-state index contributed by atoms with van der Waals surface area (Å²) in [6, 6.07) is 5.09. The maximum absolute atomic E-state index is 12.9. The normalized spacial score (nSPS) is 21.0. The Balaban J connectivity index is 2.03. The molecule has 1 heterocycles. The van der Waals surface area contributed by atoms with E-state index < -0.39 is 45.6 Å². The van der Waals surface area contributed by atoms with E-state index in [0.29, 0.717) is 5.69 Å². The average Bonchev–Trinajstić information content (AvgIpc) is 2.58. The molecular formula is C16H21FN4O5S. The summed E-state index contributed by atoms with van der Waals surface area (Å²) in [6.45, 7) is 0.463. The predicted molar refractivity (Wildman–Crippen MR) is 95.6 cm³/mol. The lowest BCUT2D eigenvalue weighted by Gasteiger charge is -2.44. The standard InChI is InChI=1S/C16H21FN4O5S/c1-16(10-21(27(3,25)26)9-14(23)20(16)2)15(24)18-8-13(22)19-12-6-4-11(17)5-7-12/h4-7H,8-10H2,1-3H3,(H,18,24)(H,19,22). The van der Waals surface area contributed by atoms with Crippen LogP contribution in [0.4, 0.5) is 10.1 Å². The Morgan fingerprint density at radius 1 is 1.26 bits per heavy atom. The van der Waals surface area contributed by atoms with Crippen molar-refractivity contribution in [2.75, 3.05) is 38.3 Å². The fraction of sp³-hybridized carbons (Fsp3) is 0.438. The summed E-state index contributed by atoms with van der Waals surface area (Å²) in [5.74, 6) is -2.20. The summed E-state index contributed by atoms with van der Waals surface area (Å²) in [7, 11) is -2.26. The molecule has 9 nitrogen and oxygen atoms in total. The van der Waals surface area contributed by atoms with Gasteiger partial charge < -0.3 is 15.5 Å². The minimum Gasteiger partial charge on any atom is -0.345 e. The number of amides is 3. The van der Waals surface area contributed by atoms with Gasteiger partial charge in [0.2, 0.25) is 27.7 Å². The van der Waals surface area contributed by atoms with E-state index in [0.717, 1.165) is 10.6 Å². The zero-order valence-corrected chi connectivity index (χ0v) is 16.0. The van der Waals surface area contributed by atoms with Gasteiger partial charge in [-0.3, -0.25) is 14.4 Å². The highest BCUT2D eigenvalue weighted by Crippen LogP contribution is 2.22. The molecule has 148 valence electrons. The maximum atomic E-state index is 12.9. The number of benzene rings is 1. The first-order chi connectivity index (χ1) is 12.4. The molecule has 27 heavy (non-hydrogen) atoms. The molecule has 2 N–H and O–H groups in total. The SMILES string of the molecule is CN1C(=O)CN(S(C)(=O)=O)CC1(C)C(=O)NCC(=O)Nc1ccc(F)cc1.